The third-order valence-corrected chi connectivity index (χ3v) is 4.12. The van der Waals surface area contributed by atoms with Gasteiger partial charge < -0.3 is 10.6 Å². The van der Waals surface area contributed by atoms with Crippen LogP contribution in [0.25, 0.3) is 0 Å². The number of nitrogen functional groups attached to an aromatic ring is 1. The number of hydrogen-bond acceptors (Lipinski definition) is 3. The molecule has 2 rings (SSSR count). The lowest BCUT2D eigenvalue weighted by atomic mass is 9.93. The molecule has 0 spiro atoms. The monoisotopic (exact) mass is 275 g/mol. The van der Waals surface area contributed by atoms with Crippen LogP contribution in [0.1, 0.15) is 62.0 Å². The number of pyridine rings is 1. The van der Waals surface area contributed by atoms with Crippen LogP contribution in [0.5, 0.6) is 0 Å². The van der Waals surface area contributed by atoms with Gasteiger partial charge in [0.1, 0.15) is 5.82 Å². The molecule has 1 aliphatic rings. The van der Waals surface area contributed by atoms with E-state index in [-0.39, 0.29) is 5.91 Å². The number of rotatable bonds is 4. The lowest BCUT2D eigenvalue weighted by Gasteiger charge is -2.33. The molecule has 0 aliphatic heterocycles. The zero-order chi connectivity index (χ0) is 14.5. The maximum absolute atomic E-state index is 12.7. The second-order valence-corrected chi connectivity index (χ2v) is 5.51. The van der Waals surface area contributed by atoms with Crippen molar-refractivity contribution in [3.05, 3.63) is 23.4 Å². The molecule has 0 unspecified atom stereocenters. The van der Waals surface area contributed by atoms with E-state index in [0.29, 0.717) is 17.4 Å². The van der Waals surface area contributed by atoms with Gasteiger partial charge in [0.25, 0.3) is 5.91 Å². The number of aryl methyl sites for hydroxylation is 1. The Labute approximate surface area is 121 Å². The van der Waals surface area contributed by atoms with Gasteiger partial charge in [-0.2, -0.15) is 0 Å². The smallest absolute Gasteiger partial charge is 0.254 e. The molecule has 1 fully saturated rings. The standard InChI is InChI=1S/C16H25N3O/c1-3-13-10-12(11-15(17)18-13)16(20)19(4-2)14-8-6-5-7-9-14/h10-11,14H,3-9H2,1-2H3,(H2,17,18). The Bertz CT molecular complexity index is 467. The Morgan fingerprint density at radius 1 is 1.30 bits per heavy atom. The summed E-state index contributed by atoms with van der Waals surface area (Å²) in [6.07, 6.45) is 6.80. The third-order valence-electron chi connectivity index (χ3n) is 4.12. The van der Waals surface area contributed by atoms with Crippen molar-refractivity contribution in [2.75, 3.05) is 12.3 Å². The van der Waals surface area contributed by atoms with Gasteiger partial charge in [-0.1, -0.05) is 26.2 Å². The quantitative estimate of drug-likeness (QED) is 0.919. The number of carbonyl (C=O) groups is 1. The van der Waals surface area contributed by atoms with Crippen LogP contribution in [0.3, 0.4) is 0 Å². The summed E-state index contributed by atoms with van der Waals surface area (Å²) in [5.74, 6) is 0.538. The summed E-state index contributed by atoms with van der Waals surface area (Å²) in [5.41, 5.74) is 7.38. The maximum Gasteiger partial charge on any atom is 0.254 e. The SMILES string of the molecule is CCc1cc(C(=O)N(CC)C2CCCCC2)cc(N)n1. The fourth-order valence-corrected chi connectivity index (χ4v) is 3.04. The van der Waals surface area contributed by atoms with E-state index in [1.54, 1.807) is 6.07 Å². The van der Waals surface area contributed by atoms with Crippen LogP contribution in [-0.4, -0.2) is 28.4 Å². The Morgan fingerprint density at radius 2 is 2.00 bits per heavy atom. The minimum atomic E-state index is 0.100. The predicted octanol–water partition coefficient (Wildman–Crippen LogP) is 3.02. The van der Waals surface area contributed by atoms with Gasteiger partial charge in [0.05, 0.1) is 0 Å². The first-order valence-electron chi connectivity index (χ1n) is 7.73. The van der Waals surface area contributed by atoms with Crippen LogP contribution in [-0.2, 0) is 6.42 Å². The molecule has 4 nitrogen and oxygen atoms in total. The molecule has 0 saturated heterocycles. The van der Waals surface area contributed by atoms with Gasteiger partial charge >= 0.3 is 0 Å². The molecule has 1 aromatic heterocycles. The molecule has 1 heterocycles. The molecule has 110 valence electrons. The summed E-state index contributed by atoms with van der Waals surface area (Å²) < 4.78 is 0. The first-order valence-corrected chi connectivity index (χ1v) is 7.73. The van der Waals surface area contributed by atoms with Crippen LogP contribution in [0.2, 0.25) is 0 Å². The summed E-state index contributed by atoms with van der Waals surface area (Å²) in [6, 6.07) is 3.97. The molecule has 2 N–H and O–H groups in total. The molecule has 1 amide bonds. The number of anilines is 1. The topological polar surface area (TPSA) is 59.2 Å². The summed E-state index contributed by atoms with van der Waals surface area (Å²) in [6.45, 7) is 4.83. The lowest BCUT2D eigenvalue weighted by molar-refractivity contribution is 0.0648. The molecule has 0 atom stereocenters. The number of amides is 1. The molecule has 1 aliphatic carbocycles. The number of aromatic nitrogens is 1. The van der Waals surface area contributed by atoms with Crippen LogP contribution in [0, 0.1) is 0 Å². The number of hydrogen-bond donors (Lipinski definition) is 1. The molecule has 0 radical (unpaired) electrons. The van der Waals surface area contributed by atoms with Gasteiger partial charge in [0.15, 0.2) is 0 Å². The van der Waals surface area contributed by atoms with E-state index in [1.807, 2.05) is 17.9 Å². The molecule has 4 heteroatoms. The Morgan fingerprint density at radius 3 is 2.60 bits per heavy atom. The van der Waals surface area contributed by atoms with Crippen molar-refractivity contribution in [2.45, 2.75) is 58.4 Å². The minimum Gasteiger partial charge on any atom is -0.384 e. The van der Waals surface area contributed by atoms with Crippen molar-refractivity contribution >= 4 is 11.7 Å². The molecular formula is C16H25N3O. The highest BCUT2D eigenvalue weighted by atomic mass is 16.2. The van der Waals surface area contributed by atoms with Crippen molar-refractivity contribution < 1.29 is 4.79 Å². The highest BCUT2D eigenvalue weighted by molar-refractivity contribution is 5.95. The zero-order valence-electron chi connectivity index (χ0n) is 12.6. The Kier molecular flexibility index (Phi) is 4.99. The molecule has 1 aromatic rings. The van der Waals surface area contributed by atoms with Crippen molar-refractivity contribution in [1.29, 1.82) is 0 Å². The van der Waals surface area contributed by atoms with E-state index in [0.717, 1.165) is 31.5 Å². The lowest BCUT2D eigenvalue weighted by Crippen LogP contribution is -2.41. The molecular weight excluding hydrogens is 250 g/mol. The van der Waals surface area contributed by atoms with Gasteiger partial charge in [-0.3, -0.25) is 4.79 Å². The van der Waals surface area contributed by atoms with Gasteiger partial charge in [-0.15, -0.1) is 0 Å². The van der Waals surface area contributed by atoms with Crippen molar-refractivity contribution in [3.63, 3.8) is 0 Å². The highest BCUT2D eigenvalue weighted by Crippen LogP contribution is 2.24. The van der Waals surface area contributed by atoms with E-state index in [2.05, 4.69) is 11.9 Å². The van der Waals surface area contributed by atoms with Crippen LogP contribution >= 0.6 is 0 Å². The molecule has 0 aromatic carbocycles. The van der Waals surface area contributed by atoms with Crippen molar-refractivity contribution in [2.24, 2.45) is 0 Å². The molecule has 1 saturated carbocycles. The Hall–Kier alpha value is -1.58. The third kappa shape index (κ3) is 3.30. The van der Waals surface area contributed by atoms with E-state index in [4.69, 9.17) is 5.73 Å². The van der Waals surface area contributed by atoms with Crippen molar-refractivity contribution in [3.8, 4) is 0 Å². The summed E-state index contributed by atoms with van der Waals surface area (Å²) in [4.78, 5) is 19.0. The molecule has 0 bridgehead atoms. The van der Waals surface area contributed by atoms with Crippen LogP contribution in [0.4, 0.5) is 5.82 Å². The van der Waals surface area contributed by atoms with Gasteiger partial charge in [0, 0.05) is 23.8 Å². The summed E-state index contributed by atoms with van der Waals surface area (Å²) in [5, 5.41) is 0. The predicted molar refractivity (Wildman–Crippen MR) is 81.6 cm³/mol. The molecule has 20 heavy (non-hydrogen) atoms. The fraction of sp³-hybridized carbons (Fsp3) is 0.625. The number of carbonyl (C=O) groups excluding carboxylic acids is 1. The fourth-order valence-electron chi connectivity index (χ4n) is 3.04. The van der Waals surface area contributed by atoms with E-state index < -0.39 is 0 Å². The van der Waals surface area contributed by atoms with Crippen LogP contribution < -0.4 is 5.73 Å². The summed E-state index contributed by atoms with van der Waals surface area (Å²) >= 11 is 0. The number of nitrogens with zero attached hydrogens (tertiary/aromatic N) is 2. The van der Waals surface area contributed by atoms with E-state index in [1.165, 1.54) is 19.3 Å². The summed E-state index contributed by atoms with van der Waals surface area (Å²) in [7, 11) is 0. The van der Waals surface area contributed by atoms with Gasteiger partial charge in [-0.05, 0) is 38.3 Å². The normalized spacial score (nSPS) is 16.1. The Balaban J connectivity index is 2.21. The first kappa shape index (κ1) is 14.8. The average Bonchev–Trinajstić information content (AvgIpc) is 2.48. The maximum atomic E-state index is 12.7. The first-order chi connectivity index (χ1) is 9.65. The van der Waals surface area contributed by atoms with E-state index >= 15 is 0 Å². The van der Waals surface area contributed by atoms with Crippen LogP contribution in [0.15, 0.2) is 12.1 Å². The van der Waals surface area contributed by atoms with Crippen molar-refractivity contribution in [1.82, 2.24) is 9.88 Å². The zero-order valence-corrected chi connectivity index (χ0v) is 12.6. The number of nitrogens with two attached hydrogens (primary N) is 1. The van der Waals surface area contributed by atoms with Gasteiger partial charge in [0.2, 0.25) is 0 Å². The highest BCUT2D eigenvalue weighted by Gasteiger charge is 2.25. The van der Waals surface area contributed by atoms with E-state index in [9.17, 15) is 4.79 Å². The second kappa shape index (κ2) is 6.73. The average molecular weight is 275 g/mol. The van der Waals surface area contributed by atoms with Gasteiger partial charge in [-0.25, -0.2) is 4.98 Å². The minimum absolute atomic E-state index is 0.100. The largest absolute Gasteiger partial charge is 0.384 e. The second-order valence-electron chi connectivity index (χ2n) is 5.51.